The minimum Gasteiger partial charge on any atom is -0.330 e. The smallest absolute Gasteiger partial charge is 0.0127 e. The molecule has 0 aromatic heterocycles. The normalized spacial score (nSPS) is 13.7. The minimum atomic E-state index is 0.514. The number of nitrogens with two attached hydrogens (primary N) is 1. The van der Waals surface area contributed by atoms with E-state index in [0.717, 1.165) is 25.3 Å². The van der Waals surface area contributed by atoms with E-state index in [0.29, 0.717) is 6.04 Å². The summed E-state index contributed by atoms with van der Waals surface area (Å²) in [6, 6.07) is 0.514. The first-order chi connectivity index (χ1) is 4.31. The molecule has 0 aromatic rings. The average Bonchev–Trinajstić information content (AvgIpc) is 1.89. The molecule has 0 aliphatic carbocycles. The summed E-state index contributed by atoms with van der Waals surface area (Å²) < 4.78 is 0. The summed E-state index contributed by atoms with van der Waals surface area (Å²) in [5.74, 6) is 0.893. The number of hydrogen-bond acceptors (Lipinski definition) is 3. The van der Waals surface area contributed by atoms with E-state index in [1.165, 1.54) is 0 Å². The summed E-state index contributed by atoms with van der Waals surface area (Å²) in [5, 5.41) is 3.28. The van der Waals surface area contributed by atoms with E-state index in [9.17, 15) is 0 Å². The van der Waals surface area contributed by atoms with Crippen LogP contribution in [0.5, 0.6) is 0 Å². The molecule has 0 aliphatic heterocycles. The summed E-state index contributed by atoms with van der Waals surface area (Å²) in [6.45, 7) is 3.90. The lowest BCUT2D eigenvalue weighted by molar-refractivity contribution is 0.581. The van der Waals surface area contributed by atoms with Gasteiger partial charge in [0.15, 0.2) is 0 Å². The molecule has 56 valence electrons. The monoisotopic (exact) mass is 148 g/mol. The Labute approximate surface area is 62.6 Å². The van der Waals surface area contributed by atoms with Gasteiger partial charge in [0.1, 0.15) is 0 Å². The van der Waals surface area contributed by atoms with Gasteiger partial charge in [-0.25, -0.2) is 0 Å². The van der Waals surface area contributed by atoms with Crippen molar-refractivity contribution in [2.45, 2.75) is 19.4 Å². The molecule has 0 saturated heterocycles. The fourth-order valence-corrected chi connectivity index (χ4v) is 0.644. The van der Waals surface area contributed by atoms with Crippen LogP contribution in [0, 0.1) is 0 Å². The van der Waals surface area contributed by atoms with Crippen LogP contribution in [0.4, 0.5) is 0 Å². The lowest BCUT2D eigenvalue weighted by Gasteiger charge is -2.08. The van der Waals surface area contributed by atoms with E-state index in [4.69, 9.17) is 5.73 Å². The second-order valence-corrected chi connectivity index (χ2v) is 2.55. The van der Waals surface area contributed by atoms with Crippen LogP contribution in [0.15, 0.2) is 0 Å². The molecule has 9 heavy (non-hydrogen) atoms. The lowest BCUT2D eigenvalue weighted by atomic mass is 10.3. The zero-order chi connectivity index (χ0) is 7.11. The van der Waals surface area contributed by atoms with Crippen LogP contribution in [0.25, 0.3) is 0 Å². The van der Waals surface area contributed by atoms with Gasteiger partial charge in [0.05, 0.1) is 0 Å². The van der Waals surface area contributed by atoms with E-state index in [1.54, 1.807) is 0 Å². The molecule has 1 unspecified atom stereocenters. The molecule has 0 radical (unpaired) electrons. The van der Waals surface area contributed by atoms with Crippen molar-refractivity contribution < 1.29 is 0 Å². The van der Waals surface area contributed by atoms with Gasteiger partial charge in [0.25, 0.3) is 0 Å². The molecule has 0 aliphatic rings. The first kappa shape index (κ1) is 9.27. The van der Waals surface area contributed by atoms with Crippen LogP contribution in [0.1, 0.15) is 13.3 Å². The van der Waals surface area contributed by atoms with Gasteiger partial charge in [0, 0.05) is 11.8 Å². The van der Waals surface area contributed by atoms with E-state index < -0.39 is 0 Å². The van der Waals surface area contributed by atoms with Crippen molar-refractivity contribution in [2.75, 3.05) is 18.8 Å². The van der Waals surface area contributed by atoms with Crippen molar-refractivity contribution in [3.63, 3.8) is 0 Å². The van der Waals surface area contributed by atoms with E-state index in [2.05, 4.69) is 24.9 Å². The number of thiol groups is 1. The number of rotatable bonds is 5. The van der Waals surface area contributed by atoms with Crippen molar-refractivity contribution in [1.82, 2.24) is 5.32 Å². The van der Waals surface area contributed by atoms with Gasteiger partial charge >= 0.3 is 0 Å². The van der Waals surface area contributed by atoms with Crippen LogP contribution in [0.3, 0.4) is 0 Å². The highest BCUT2D eigenvalue weighted by molar-refractivity contribution is 7.80. The molecule has 0 saturated carbocycles. The van der Waals surface area contributed by atoms with Gasteiger partial charge in [-0.1, -0.05) is 0 Å². The molecule has 3 heteroatoms. The second kappa shape index (κ2) is 6.39. The Bertz CT molecular complexity index is 59.0. The Balaban J connectivity index is 2.88. The highest BCUT2D eigenvalue weighted by Crippen LogP contribution is 1.84. The third-order valence-corrected chi connectivity index (χ3v) is 1.70. The van der Waals surface area contributed by atoms with Crippen molar-refractivity contribution in [3.05, 3.63) is 0 Å². The van der Waals surface area contributed by atoms with Gasteiger partial charge in [-0.2, -0.15) is 12.6 Å². The van der Waals surface area contributed by atoms with Gasteiger partial charge in [-0.05, 0) is 26.4 Å². The van der Waals surface area contributed by atoms with Crippen molar-refractivity contribution >= 4 is 12.6 Å². The average molecular weight is 148 g/mol. The molecule has 1 atom stereocenters. The number of hydrogen-bond donors (Lipinski definition) is 3. The van der Waals surface area contributed by atoms with Crippen LogP contribution >= 0.6 is 12.6 Å². The molecule has 0 amide bonds. The summed E-state index contributed by atoms with van der Waals surface area (Å²) in [4.78, 5) is 0. The predicted molar refractivity (Wildman–Crippen MR) is 45.0 cm³/mol. The number of nitrogens with one attached hydrogen (secondary N) is 1. The van der Waals surface area contributed by atoms with Crippen molar-refractivity contribution in [2.24, 2.45) is 5.73 Å². The molecular weight excluding hydrogens is 132 g/mol. The fourth-order valence-electron chi connectivity index (χ4n) is 0.515. The molecule has 0 fully saturated rings. The maximum absolute atomic E-state index is 5.30. The maximum Gasteiger partial charge on any atom is 0.0127 e. The molecule has 0 spiro atoms. The van der Waals surface area contributed by atoms with Gasteiger partial charge in [0.2, 0.25) is 0 Å². The molecule has 0 bridgehead atoms. The Morgan fingerprint density at radius 2 is 2.33 bits per heavy atom. The fraction of sp³-hybridized carbons (Fsp3) is 1.00. The molecule has 3 N–H and O–H groups in total. The van der Waals surface area contributed by atoms with Gasteiger partial charge in [-0.15, -0.1) is 0 Å². The van der Waals surface area contributed by atoms with Gasteiger partial charge < -0.3 is 11.1 Å². The van der Waals surface area contributed by atoms with Crippen LogP contribution in [-0.4, -0.2) is 24.9 Å². The molecule has 0 heterocycles. The zero-order valence-electron chi connectivity index (χ0n) is 5.93. The molecular formula is C6H16N2S. The zero-order valence-corrected chi connectivity index (χ0v) is 6.82. The largest absolute Gasteiger partial charge is 0.330 e. The maximum atomic E-state index is 5.30. The summed E-state index contributed by atoms with van der Waals surface area (Å²) in [5.41, 5.74) is 5.30. The van der Waals surface area contributed by atoms with E-state index in [-0.39, 0.29) is 0 Å². The molecule has 0 rings (SSSR count). The predicted octanol–water partition coefficient (Wildman–Crippen LogP) is 0.243. The SMILES string of the molecule is CC(CS)NCCCN. The second-order valence-electron chi connectivity index (χ2n) is 2.18. The van der Waals surface area contributed by atoms with Crippen molar-refractivity contribution in [3.8, 4) is 0 Å². The Hall–Kier alpha value is 0.270. The molecule has 2 nitrogen and oxygen atoms in total. The third kappa shape index (κ3) is 6.15. The van der Waals surface area contributed by atoms with Crippen LogP contribution in [0.2, 0.25) is 0 Å². The minimum absolute atomic E-state index is 0.514. The van der Waals surface area contributed by atoms with E-state index in [1.807, 2.05) is 0 Å². The molecule has 0 aromatic carbocycles. The standard InChI is InChI=1S/C6H16N2S/c1-6(5-9)8-4-2-3-7/h6,8-9H,2-5,7H2,1H3. The van der Waals surface area contributed by atoms with Gasteiger partial charge in [-0.3, -0.25) is 0 Å². The summed E-state index contributed by atoms with van der Waals surface area (Å²) >= 11 is 4.12. The highest BCUT2D eigenvalue weighted by atomic mass is 32.1. The lowest BCUT2D eigenvalue weighted by Crippen LogP contribution is -2.29. The topological polar surface area (TPSA) is 38.0 Å². The Morgan fingerprint density at radius 1 is 1.67 bits per heavy atom. The quantitative estimate of drug-likeness (QED) is 0.386. The first-order valence-electron chi connectivity index (χ1n) is 3.35. The van der Waals surface area contributed by atoms with Crippen LogP contribution in [-0.2, 0) is 0 Å². The van der Waals surface area contributed by atoms with E-state index >= 15 is 0 Å². The summed E-state index contributed by atoms with van der Waals surface area (Å²) in [7, 11) is 0. The van der Waals surface area contributed by atoms with Crippen LogP contribution < -0.4 is 11.1 Å². The first-order valence-corrected chi connectivity index (χ1v) is 3.98. The third-order valence-electron chi connectivity index (χ3n) is 1.15. The summed E-state index contributed by atoms with van der Waals surface area (Å²) in [6.07, 6.45) is 1.05. The Morgan fingerprint density at radius 3 is 2.78 bits per heavy atom. The highest BCUT2D eigenvalue weighted by Gasteiger charge is 1.94. The van der Waals surface area contributed by atoms with Crippen molar-refractivity contribution in [1.29, 1.82) is 0 Å². The Kier molecular flexibility index (Phi) is 6.58.